The predicted octanol–water partition coefficient (Wildman–Crippen LogP) is 3.50. The summed E-state index contributed by atoms with van der Waals surface area (Å²) in [7, 11) is 0. The van der Waals surface area contributed by atoms with Crippen LogP contribution in [0.15, 0.2) is 73.1 Å². The summed E-state index contributed by atoms with van der Waals surface area (Å²) in [6.07, 6.45) is 7.04. The molecule has 1 aromatic heterocycles. The topological polar surface area (TPSA) is 151 Å². The minimum Gasteiger partial charge on any atom is -0.490 e. The normalized spacial score (nSPS) is 12.5. The molecular weight excluding hydrogens is 504 g/mol. The van der Waals surface area contributed by atoms with Crippen molar-refractivity contribution in [3.8, 4) is 16.9 Å². The first kappa shape index (κ1) is 30.4. The summed E-state index contributed by atoms with van der Waals surface area (Å²) in [6.45, 7) is 3.65. The van der Waals surface area contributed by atoms with Gasteiger partial charge in [-0.1, -0.05) is 49.4 Å². The van der Waals surface area contributed by atoms with Crippen molar-refractivity contribution in [2.45, 2.75) is 38.7 Å². The van der Waals surface area contributed by atoms with Crippen molar-refractivity contribution in [2.24, 2.45) is 0 Å². The number of carbonyl (C=O) groups is 3. The van der Waals surface area contributed by atoms with Gasteiger partial charge in [0.05, 0.1) is 6.42 Å². The third kappa shape index (κ3) is 10.6. The van der Waals surface area contributed by atoms with E-state index >= 15 is 0 Å². The number of hydrogen-bond donors (Lipinski definition) is 2. The highest BCUT2D eigenvalue weighted by Crippen LogP contribution is 2.27. The van der Waals surface area contributed by atoms with Gasteiger partial charge in [0, 0.05) is 38.3 Å². The van der Waals surface area contributed by atoms with E-state index in [2.05, 4.69) is 54.4 Å². The molecule has 39 heavy (non-hydrogen) atoms. The summed E-state index contributed by atoms with van der Waals surface area (Å²) in [5.74, 6) is -2.58. The molecule has 1 amide bonds. The van der Waals surface area contributed by atoms with Crippen molar-refractivity contribution < 1.29 is 38.9 Å². The zero-order valence-electron chi connectivity index (χ0n) is 21.5. The Morgan fingerprint density at radius 2 is 1.51 bits per heavy atom. The third-order valence-electron chi connectivity index (χ3n) is 5.86. The number of likely N-dealkylation sites (tertiary alicyclic amines) is 1. The molecule has 1 fully saturated rings. The number of nitrogens with zero attached hydrogens (tertiary/aromatic N) is 2. The van der Waals surface area contributed by atoms with Crippen molar-refractivity contribution in [1.82, 2.24) is 9.88 Å². The summed E-state index contributed by atoms with van der Waals surface area (Å²) in [5.41, 5.74) is 4.69. The van der Waals surface area contributed by atoms with Crippen molar-refractivity contribution in [3.05, 3.63) is 84.2 Å². The zero-order valence-corrected chi connectivity index (χ0v) is 21.5. The number of ether oxygens (including phenoxy) is 1. The van der Waals surface area contributed by atoms with Crippen LogP contribution in [0.2, 0.25) is 0 Å². The van der Waals surface area contributed by atoms with Crippen LogP contribution in [0, 0.1) is 0 Å². The number of carboxylic acid groups (broad SMARTS) is 2. The lowest BCUT2D eigenvalue weighted by Gasteiger charge is -2.32. The van der Waals surface area contributed by atoms with Crippen LogP contribution >= 0.6 is 0 Å². The van der Waals surface area contributed by atoms with Gasteiger partial charge in [0.2, 0.25) is 5.91 Å². The van der Waals surface area contributed by atoms with E-state index in [9.17, 15) is 4.79 Å². The molecule has 1 aliphatic heterocycles. The van der Waals surface area contributed by atoms with E-state index < -0.39 is 11.9 Å². The highest BCUT2D eigenvalue weighted by Gasteiger charge is 2.24. The third-order valence-corrected chi connectivity index (χ3v) is 5.86. The molecular formula is C29H30N2O8. The largest absolute Gasteiger partial charge is 0.490 e. The molecule has 2 N–H and O–H groups in total. The maximum Gasteiger partial charge on any atom is 0.414 e. The Hall–Kier alpha value is -4.82. The summed E-state index contributed by atoms with van der Waals surface area (Å²) in [4.78, 5) is 53.0. The van der Waals surface area contributed by atoms with E-state index in [1.54, 1.807) is 12.4 Å². The Morgan fingerprint density at radius 3 is 2.08 bits per heavy atom. The number of aryl methyl sites for hydroxylation is 1. The minimum atomic E-state index is -1.82. The first-order valence-electron chi connectivity index (χ1n) is 12.3. The van der Waals surface area contributed by atoms with Gasteiger partial charge in [0.25, 0.3) is 0 Å². The van der Waals surface area contributed by atoms with Gasteiger partial charge in [-0.3, -0.25) is 9.78 Å². The first-order valence-corrected chi connectivity index (χ1v) is 12.3. The van der Waals surface area contributed by atoms with Crippen LogP contribution in [0.5, 0.6) is 5.75 Å². The molecule has 0 spiro atoms. The van der Waals surface area contributed by atoms with Crippen LogP contribution in [0.3, 0.4) is 0 Å². The second kappa shape index (κ2) is 16.1. The number of aliphatic carboxylic acids is 2. The molecule has 4 rings (SSSR count). The Morgan fingerprint density at radius 1 is 0.923 bits per heavy atom. The summed E-state index contributed by atoms with van der Waals surface area (Å²) in [5, 5.41) is 14.8. The summed E-state index contributed by atoms with van der Waals surface area (Å²) >= 11 is 0. The maximum absolute atomic E-state index is 12.5. The summed E-state index contributed by atoms with van der Waals surface area (Å²) < 4.78 is 6.27. The molecule has 0 unspecified atom stereocenters. The molecule has 2 aromatic carbocycles. The van der Waals surface area contributed by atoms with Gasteiger partial charge in [0.15, 0.2) is 0 Å². The smallest absolute Gasteiger partial charge is 0.414 e. The molecule has 1 aliphatic rings. The number of benzene rings is 2. The van der Waals surface area contributed by atoms with Crippen LogP contribution in [-0.2, 0) is 36.8 Å². The van der Waals surface area contributed by atoms with Crippen molar-refractivity contribution in [2.75, 3.05) is 13.1 Å². The molecule has 3 aromatic rings. The molecule has 1 saturated heterocycles. The molecule has 10 nitrogen and oxygen atoms in total. The van der Waals surface area contributed by atoms with Gasteiger partial charge >= 0.3 is 18.1 Å². The molecule has 0 radical (unpaired) electrons. The molecule has 0 atom stereocenters. The van der Waals surface area contributed by atoms with Gasteiger partial charge in [-0.2, -0.15) is 9.59 Å². The number of hydrogen-bond acceptors (Lipinski definition) is 7. The molecule has 2 heterocycles. The molecule has 204 valence electrons. The van der Waals surface area contributed by atoms with E-state index in [0.717, 1.165) is 43.7 Å². The molecule has 0 saturated carbocycles. The predicted molar refractivity (Wildman–Crippen MR) is 140 cm³/mol. The van der Waals surface area contributed by atoms with Crippen molar-refractivity contribution in [3.63, 3.8) is 0 Å². The fourth-order valence-electron chi connectivity index (χ4n) is 3.92. The average Bonchev–Trinajstić information content (AvgIpc) is 2.95. The summed E-state index contributed by atoms with van der Waals surface area (Å²) in [6, 6.07) is 20.8. The van der Waals surface area contributed by atoms with Crippen LogP contribution in [0.25, 0.3) is 11.1 Å². The van der Waals surface area contributed by atoms with Crippen molar-refractivity contribution >= 4 is 24.0 Å². The number of carbonyl (C=O) groups excluding carboxylic acids is 3. The number of rotatable bonds is 6. The standard InChI is InChI=1S/C26H28N2O2.C2H2O4.CO2/c1-2-20-6-3-8-22(16-20)23-9-4-10-25(18-23)30-24-11-14-28(15-12-24)26(29)17-21-7-5-13-27-19-21;3-1(4)2(5)6;2-1-3/h3-10,13,16,18-19,24H,2,11-12,14-15,17H2,1H3;(H,3,4)(H,5,6);. The number of piperidine rings is 1. The van der Waals surface area contributed by atoms with Crippen LogP contribution in [-0.4, -0.2) is 63.3 Å². The number of carboxylic acids is 2. The second-order valence-corrected chi connectivity index (χ2v) is 8.51. The van der Waals surface area contributed by atoms with Gasteiger partial charge < -0.3 is 19.8 Å². The lowest BCUT2D eigenvalue weighted by atomic mass is 10.0. The van der Waals surface area contributed by atoms with Gasteiger partial charge in [-0.25, -0.2) is 9.59 Å². The molecule has 10 heteroatoms. The fraction of sp³-hybridized carbons (Fsp3) is 0.276. The Kier molecular flexibility index (Phi) is 12.6. The van der Waals surface area contributed by atoms with Crippen molar-refractivity contribution in [1.29, 1.82) is 0 Å². The highest BCUT2D eigenvalue weighted by atomic mass is 16.5. The van der Waals surface area contributed by atoms with Gasteiger partial charge in [-0.15, -0.1) is 0 Å². The molecule has 0 bridgehead atoms. The van der Waals surface area contributed by atoms with Crippen LogP contribution < -0.4 is 4.74 Å². The first-order chi connectivity index (χ1) is 18.8. The van der Waals surface area contributed by atoms with E-state index in [-0.39, 0.29) is 18.2 Å². The maximum atomic E-state index is 12.5. The Labute approximate surface area is 225 Å². The zero-order chi connectivity index (χ0) is 28.6. The highest BCUT2D eigenvalue weighted by molar-refractivity contribution is 6.27. The lowest BCUT2D eigenvalue weighted by Crippen LogP contribution is -2.42. The van der Waals surface area contributed by atoms with E-state index in [0.29, 0.717) is 6.42 Å². The van der Waals surface area contributed by atoms with E-state index in [1.165, 1.54) is 16.7 Å². The van der Waals surface area contributed by atoms with E-state index in [4.69, 9.17) is 34.1 Å². The van der Waals surface area contributed by atoms with Gasteiger partial charge in [-0.05, 0) is 46.9 Å². The number of amides is 1. The minimum absolute atomic E-state index is 0.143. The van der Waals surface area contributed by atoms with Crippen LogP contribution in [0.4, 0.5) is 0 Å². The molecule has 0 aliphatic carbocycles. The SMILES string of the molecule is CCc1cccc(-c2cccc(OC3CCN(C(=O)Cc4cccnc4)CC3)c2)c1.O=C(O)C(=O)O.O=C=O. The Bertz CT molecular complexity index is 1250. The number of pyridine rings is 1. The monoisotopic (exact) mass is 534 g/mol. The Balaban J connectivity index is 0.000000516. The quantitative estimate of drug-likeness (QED) is 0.453. The lowest BCUT2D eigenvalue weighted by molar-refractivity contribution is -0.191. The fourth-order valence-corrected chi connectivity index (χ4v) is 3.92. The van der Waals surface area contributed by atoms with Gasteiger partial charge in [0.1, 0.15) is 11.9 Å². The number of aromatic nitrogens is 1. The average molecular weight is 535 g/mol. The van der Waals surface area contributed by atoms with E-state index in [1.807, 2.05) is 23.1 Å². The van der Waals surface area contributed by atoms with Crippen LogP contribution in [0.1, 0.15) is 30.9 Å². The second-order valence-electron chi connectivity index (χ2n) is 8.51.